The number of benzene rings is 1. The van der Waals surface area contributed by atoms with Crippen LogP contribution in [-0.2, 0) is 19.1 Å². The lowest BCUT2D eigenvalue weighted by molar-refractivity contribution is -0.144. The number of hydrogen-bond acceptors (Lipinski definition) is 2. The number of fused-ring (bicyclic) bond motifs is 1. The molecular weight excluding hydrogens is 395 g/mol. The highest BCUT2D eigenvalue weighted by Gasteiger charge is 2.44. The first-order valence-electron chi connectivity index (χ1n) is 8.21. The van der Waals surface area contributed by atoms with Crippen LogP contribution in [-0.4, -0.2) is 39.6 Å². The number of carbonyl (C=O) groups excluding carboxylic acids is 1. The highest BCUT2D eigenvalue weighted by atomic mass is 19.4. The molecule has 0 spiro atoms. The molecule has 0 N–H and O–H groups in total. The quantitative estimate of drug-likeness (QED) is 0.719. The number of carbonyl (C=O) groups is 1. The van der Waals surface area contributed by atoms with E-state index in [-0.39, 0.29) is 13.0 Å². The van der Waals surface area contributed by atoms with E-state index in [0.29, 0.717) is 4.68 Å². The van der Waals surface area contributed by atoms with Crippen LogP contribution in [0.25, 0.3) is 0 Å². The van der Waals surface area contributed by atoms with Crippen molar-refractivity contribution in [1.29, 1.82) is 0 Å². The molecule has 0 saturated heterocycles. The molecule has 2 heterocycles. The molecule has 1 aliphatic rings. The summed E-state index contributed by atoms with van der Waals surface area (Å²) >= 11 is 0. The number of alkyl halides is 5. The van der Waals surface area contributed by atoms with Gasteiger partial charge in [0, 0.05) is 17.7 Å². The zero-order valence-corrected chi connectivity index (χ0v) is 14.4. The smallest absolute Gasteiger partial charge is 0.328 e. The Morgan fingerprint density at radius 3 is 2.32 bits per heavy atom. The molecule has 1 aromatic heterocycles. The predicted molar refractivity (Wildman–Crippen MR) is 82.9 cm³/mol. The average Bonchev–Trinajstić information content (AvgIpc) is 2.97. The number of rotatable bonds is 4. The van der Waals surface area contributed by atoms with E-state index in [4.69, 9.17) is 0 Å². The first-order valence-corrected chi connectivity index (χ1v) is 8.21. The van der Waals surface area contributed by atoms with Gasteiger partial charge in [-0.05, 0) is 25.5 Å². The standard InChI is InChI=1S/C17H14F7N3O/c1-8(15(20)21)26-6-5-9-13(16(26)28)25-27(14(9)17(22,23)24)7-10-11(18)3-2-4-12(10)19/h2-4,8,15H,5-7H2,1H3. The molecule has 0 radical (unpaired) electrons. The minimum absolute atomic E-state index is 0.306. The molecule has 2 aromatic rings. The Labute approximate surface area is 154 Å². The monoisotopic (exact) mass is 409 g/mol. The lowest BCUT2D eigenvalue weighted by Crippen LogP contribution is -2.46. The third-order valence-corrected chi connectivity index (χ3v) is 4.61. The first-order chi connectivity index (χ1) is 13.0. The van der Waals surface area contributed by atoms with Crippen molar-refractivity contribution >= 4 is 5.91 Å². The van der Waals surface area contributed by atoms with Crippen molar-refractivity contribution in [3.63, 3.8) is 0 Å². The van der Waals surface area contributed by atoms with Crippen molar-refractivity contribution < 1.29 is 35.5 Å². The summed E-state index contributed by atoms with van der Waals surface area (Å²) in [5.74, 6) is -3.21. The third kappa shape index (κ3) is 3.45. The minimum Gasteiger partial charge on any atom is -0.328 e. The first kappa shape index (κ1) is 20.2. The molecule has 1 amide bonds. The van der Waals surface area contributed by atoms with E-state index in [2.05, 4.69) is 5.10 Å². The molecule has 1 unspecified atom stereocenters. The van der Waals surface area contributed by atoms with Crippen LogP contribution in [0.3, 0.4) is 0 Å². The van der Waals surface area contributed by atoms with Gasteiger partial charge in [0.2, 0.25) is 0 Å². The van der Waals surface area contributed by atoms with Crippen LogP contribution in [0.5, 0.6) is 0 Å². The summed E-state index contributed by atoms with van der Waals surface area (Å²) < 4.78 is 94.7. The Balaban J connectivity index is 2.09. The molecule has 0 fully saturated rings. The minimum atomic E-state index is -4.96. The van der Waals surface area contributed by atoms with Gasteiger partial charge in [-0.25, -0.2) is 17.6 Å². The van der Waals surface area contributed by atoms with Crippen LogP contribution < -0.4 is 0 Å². The largest absolute Gasteiger partial charge is 0.433 e. The number of aromatic nitrogens is 2. The Hall–Kier alpha value is -2.59. The molecular formula is C17H14F7N3O. The predicted octanol–water partition coefficient (Wildman–Crippen LogP) is 3.88. The van der Waals surface area contributed by atoms with E-state index < -0.39 is 65.2 Å². The van der Waals surface area contributed by atoms with E-state index >= 15 is 0 Å². The highest BCUT2D eigenvalue weighted by molar-refractivity contribution is 5.95. The van der Waals surface area contributed by atoms with Gasteiger partial charge in [0.25, 0.3) is 12.3 Å². The maximum Gasteiger partial charge on any atom is 0.433 e. The van der Waals surface area contributed by atoms with Crippen molar-refractivity contribution in [3.05, 3.63) is 52.3 Å². The van der Waals surface area contributed by atoms with Gasteiger partial charge < -0.3 is 4.90 Å². The van der Waals surface area contributed by atoms with E-state index in [1.165, 1.54) is 0 Å². The molecule has 0 saturated carbocycles. The third-order valence-electron chi connectivity index (χ3n) is 4.61. The second-order valence-electron chi connectivity index (χ2n) is 6.35. The lowest BCUT2D eigenvalue weighted by atomic mass is 10.0. The van der Waals surface area contributed by atoms with Gasteiger partial charge in [-0.3, -0.25) is 9.48 Å². The molecule has 0 bridgehead atoms. The second-order valence-corrected chi connectivity index (χ2v) is 6.35. The molecule has 28 heavy (non-hydrogen) atoms. The summed E-state index contributed by atoms with van der Waals surface area (Å²) in [5.41, 5.74) is -3.07. The fraction of sp³-hybridized carbons (Fsp3) is 0.412. The van der Waals surface area contributed by atoms with Gasteiger partial charge in [0.05, 0.1) is 12.6 Å². The van der Waals surface area contributed by atoms with E-state index in [9.17, 15) is 35.5 Å². The van der Waals surface area contributed by atoms with Crippen LogP contribution >= 0.6 is 0 Å². The molecule has 1 aromatic carbocycles. The van der Waals surface area contributed by atoms with Gasteiger partial charge in [-0.1, -0.05) is 6.07 Å². The maximum atomic E-state index is 13.9. The van der Waals surface area contributed by atoms with Crippen LogP contribution in [0.15, 0.2) is 18.2 Å². The van der Waals surface area contributed by atoms with Gasteiger partial charge in [-0.2, -0.15) is 18.3 Å². The maximum absolute atomic E-state index is 13.9. The molecule has 1 aliphatic heterocycles. The van der Waals surface area contributed by atoms with Crippen LogP contribution in [0.2, 0.25) is 0 Å². The number of amides is 1. The van der Waals surface area contributed by atoms with Crippen molar-refractivity contribution in [1.82, 2.24) is 14.7 Å². The summed E-state index contributed by atoms with van der Waals surface area (Å²) in [6.07, 6.45) is -8.20. The fourth-order valence-electron chi connectivity index (χ4n) is 3.17. The number of hydrogen-bond donors (Lipinski definition) is 0. The van der Waals surface area contributed by atoms with Gasteiger partial charge in [-0.15, -0.1) is 0 Å². The Morgan fingerprint density at radius 2 is 1.79 bits per heavy atom. The summed E-state index contributed by atoms with van der Waals surface area (Å²) in [6, 6.07) is 1.31. The van der Waals surface area contributed by atoms with E-state index in [0.717, 1.165) is 30.0 Å². The van der Waals surface area contributed by atoms with E-state index in [1.54, 1.807) is 0 Å². The summed E-state index contributed by atoms with van der Waals surface area (Å²) in [6.45, 7) is -0.178. The Bertz CT molecular complexity index is 887. The fourth-order valence-corrected chi connectivity index (χ4v) is 3.17. The van der Waals surface area contributed by atoms with Gasteiger partial charge >= 0.3 is 6.18 Å². The summed E-state index contributed by atoms with van der Waals surface area (Å²) in [4.78, 5) is 13.2. The Morgan fingerprint density at radius 1 is 1.18 bits per heavy atom. The molecule has 1 atom stereocenters. The SMILES string of the molecule is CC(C(F)F)N1CCc2c(nn(Cc3c(F)cccc3F)c2C(F)(F)F)C1=O. The van der Waals surface area contributed by atoms with Crippen LogP contribution in [0.4, 0.5) is 30.7 Å². The molecule has 152 valence electrons. The topological polar surface area (TPSA) is 38.1 Å². The van der Waals surface area contributed by atoms with Crippen LogP contribution in [0.1, 0.15) is 34.2 Å². The van der Waals surface area contributed by atoms with Crippen molar-refractivity contribution in [2.45, 2.75) is 38.5 Å². The number of nitrogens with zero attached hydrogens (tertiary/aromatic N) is 3. The average molecular weight is 409 g/mol. The number of halogens is 7. The normalized spacial score (nSPS) is 15.9. The zero-order chi connectivity index (χ0) is 20.8. The second kappa shape index (κ2) is 7.10. The summed E-state index contributed by atoms with van der Waals surface area (Å²) in [5, 5.41) is 3.59. The molecule has 0 aliphatic carbocycles. The molecule has 3 rings (SSSR count). The molecule has 4 nitrogen and oxygen atoms in total. The van der Waals surface area contributed by atoms with Crippen molar-refractivity contribution in [2.24, 2.45) is 0 Å². The van der Waals surface area contributed by atoms with E-state index in [1.807, 2.05) is 0 Å². The highest BCUT2D eigenvalue weighted by Crippen LogP contribution is 2.37. The van der Waals surface area contributed by atoms with Crippen molar-refractivity contribution in [3.8, 4) is 0 Å². The van der Waals surface area contributed by atoms with Crippen molar-refractivity contribution in [2.75, 3.05) is 6.54 Å². The Kier molecular flexibility index (Phi) is 5.11. The molecule has 11 heteroatoms. The van der Waals surface area contributed by atoms with Gasteiger partial charge in [0.15, 0.2) is 5.69 Å². The zero-order valence-electron chi connectivity index (χ0n) is 14.4. The lowest BCUT2D eigenvalue weighted by Gasteiger charge is -2.31. The summed E-state index contributed by atoms with van der Waals surface area (Å²) in [7, 11) is 0. The van der Waals surface area contributed by atoms with Crippen LogP contribution in [0, 0.1) is 11.6 Å². The van der Waals surface area contributed by atoms with Gasteiger partial charge in [0.1, 0.15) is 17.3 Å².